The van der Waals surface area contributed by atoms with Gasteiger partial charge in [0.2, 0.25) is 0 Å². The molecule has 1 fully saturated rings. The van der Waals surface area contributed by atoms with Crippen LogP contribution in [-0.4, -0.2) is 36.4 Å². The molecule has 1 atom stereocenters. The van der Waals surface area contributed by atoms with Gasteiger partial charge in [-0.3, -0.25) is 4.79 Å². The van der Waals surface area contributed by atoms with Gasteiger partial charge in [0.25, 0.3) is 5.91 Å². The average molecular weight is 270 g/mol. The Hall–Kier alpha value is -1.10. The van der Waals surface area contributed by atoms with Gasteiger partial charge in [-0.15, -0.1) is 0 Å². The van der Waals surface area contributed by atoms with Crippen molar-refractivity contribution in [1.29, 1.82) is 0 Å². The van der Waals surface area contributed by atoms with Crippen molar-refractivity contribution in [2.75, 3.05) is 19.8 Å². The molecule has 0 aromatic heterocycles. The van der Waals surface area contributed by atoms with E-state index in [4.69, 9.17) is 16.3 Å². The lowest BCUT2D eigenvalue weighted by atomic mass is 10.0. The maximum atomic E-state index is 12.0. The van der Waals surface area contributed by atoms with E-state index in [-0.39, 0.29) is 19.1 Å². The molecule has 2 rings (SSSR count). The fourth-order valence-electron chi connectivity index (χ4n) is 1.90. The highest BCUT2D eigenvalue weighted by atomic mass is 35.5. The zero-order chi connectivity index (χ0) is 13.2. The summed E-state index contributed by atoms with van der Waals surface area (Å²) in [4.78, 5) is 12.0. The number of benzene rings is 1. The lowest BCUT2D eigenvalue weighted by Crippen LogP contribution is -2.43. The molecular weight excluding hydrogens is 254 g/mol. The molecule has 0 spiro atoms. The minimum Gasteiger partial charge on any atom is -0.386 e. The first-order valence-corrected chi connectivity index (χ1v) is 6.23. The molecule has 0 bridgehead atoms. The second kappa shape index (κ2) is 5.26. The van der Waals surface area contributed by atoms with Gasteiger partial charge < -0.3 is 15.2 Å². The van der Waals surface area contributed by atoms with Crippen LogP contribution in [0.5, 0.6) is 0 Å². The number of halogens is 1. The number of rotatable bonds is 3. The van der Waals surface area contributed by atoms with Gasteiger partial charge in [0.05, 0.1) is 17.2 Å². The topological polar surface area (TPSA) is 58.6 Å². The van der Waals surface area contributed by atoms with E-state index in [1.165, 1.54) is 0 Å². The zero-order valence-corrected chi connectivity index (χ0v) is 11.0. The summed E-state index contributed by atoms with van der Waals surface area (Å²) in [5, 5.41) is 13.2. The van der Waals surface area contributed by atoms with Crippen molar-refractivity contribution in [2.24, 2.45) is 0 Å². The summed E-state index contributed by atoms with van der Waals surface area (Å²) in [6, 6.07) is 5.29. The van der Waals surface area contributed by atoms with E-state index < -0.39 is 5.60 Å². The molecule has 1 amide bonds. The molecule has 18 heavy (non-hydrogen) atoms. The molecule has 1 aliphatic heterocycles. The van der Waals surface area contributed by atoms with Crippen LogP contribution < -0.4 is 5.32 Å². The highest BCUT2D eigenvalue weighted by molar-refractivity contribution is 6.34. The number of hydrogen-bond acceptors (Lipinski definition) is 3. The molecule has 1 aliphatic rings. The quantitative estimate of drug-likeness (QED) is 0.875. The van der Waals surface area contributed by atoms with Crippen LogP contribution in [-0.2, 0) is 4.74 Å². The maximum Gasteiger partial charge on any atom is 0.252 e. The number of ether oxygens (including phenoxy) is 1. The predicted octanol–water partition coefficient (Wildman–Crippen LogP) is 1.53. The Balaban J connectivity index is 2.01. The number of hydrogen-bond donors (Lipinski definition) is 2. The minimum absolute atomic E-state index is 0.177. The summed E-state index contributed by atoms with van der Waals surface area (Å²) in [7, 11) is 0. The van der Waals surface area contributed by atoms with Crippen molar-refractivity contribution >= 4 is 17.5 Å². The van der Waals surface area contributed by atoms with Crippen LogP contribution in [0.2, 0.25) is 5.02 Å². The Kier molecular flexibility index (Phi) is 3.90. The van der Waals surface area contributed by atoms with Crippen LogP contribution in [0, 0.1) is 6.92 Å². The number of aryl methyl sites for hydroxylation is 1. The first-order valence-electron chi connectivity index (χ1n) is 5.85. The zero-order valence-electron chi connectivity index (χ0n) is 10.2. The lowest BCUT2D eigenvalue weighted by Gasteiger charge is -2.20. The van der Waals surface area contributed by atoms with Crippen molar-refractivity contribution < 1.29 is 14.6 Å². The maximum absolute atomic E-state index is 12.0. The van der Waals surface area contributed by atoms with E-state index in [1.54, 1.807) is 12.1 Å². The SMILES string of the molecule is Cc1cccc(C(=O)NCC2(O)CCOC2)c1Cl. The molecule has 1 aromatic carbocycles. The van der Waals surface area contributed by atoms with E-state index in [1.807, 2.05) is 13.0 Å². The number of nitrogens with one attached hydrogen (secondary N) is 1. The summed E-state index contributed by atoms with van der Waals surface area (Å²) in [5.74, 6) is -0.274. The average Bonchev–Trinajstić information content (AvgIpc) is 2.77. The van der Waals surface area contributed by atoms with Gasteiger partial charge in [-0.1, -0.05) is 23.7 Å². The summed E-state index contributed by atoms with van der Waals surface area (Å²) in [6.45, 7) is 2.81. The van der Waals surface area contributed by atoms with Crippen LogP contribution in [0.15, 0.2) is 18.2 Å². The third-order valence-corrected chi connectivity index (χ3v) is 3.60. The first kappa shape index (κ1) is 13.3. The van der Waals surface area contributed by atoms with Crippen molar-refractivity contribution in [2.45, 2.75) is 18.9 Å². The van der Waals surface area contributed by atoms with Crippen LogP contribution >= 0.6 is 11.6 Å². The summed E-state index contributed by atoms with van der Waals surface area (Å²) in [5.41, 5.74) is 0.331. The predicted molar refractivity (Wildman–Crippen MR) is 68.9 cm³/mol. The number of amides is 1. The smallest absolute Gasteiger partial charge is 0.252 e. The molecule has 4 nitrogen and oxygen atoms in total. The van der Waals surface area contributed by atoms with Crippen molar-refractivity contribution in [3.05, 3.63) is 34.3 Å². The molecule has 1 heterocycles. The Morgan fingerprint density at radius 2 is 2.39 bits per heavy atom. The van der Waals surface area contributed by atoms with Gasteiger partial charge in [0.15, 0.2) is 0 Å². The third-order valence-electron chi connectivity index (χ3n) is 3.10. The second-order valence-corrected chi connectivity index (χ2v) is 5.02. The molecular formula is C13H16ClNO3. The van der Waals surface area contributed by atoms with E-state index in [0.717, 1.165) is 5.56 Å². The van der Waals surface area contributed by atoms with E-state index in [0.29, 0.717) is 23.6 Å². The molecule has 0 radical (unpaired) electrons. The fraction of sp³-hybridized carbons (Fsp3) is 0.462. The highest BCUT2D eigenvalue weighted by Crippen LogP contribution is 2.21. The van der Waals surface area contributed by atoms with Gasteiger partial charge in [0, 0.05) is 19.6 Å². The first-order chi connectivity index (χ1) is 8.52. The number of aliphatic hydroxyl groups is 1. The Morgan fingerprint density at radius 1 is 1.61 bits per heavy atom. The van der Waals surface area contributed by atoms with Gasteiger partial charge in [-0.2, -0.15) is 0 Å². The molecule has 1 aromatic rings. The van der Waals surface area contributed by atoms with Crippen LogP contribution in [0.25, 0.3) is 0 Å². The van der Waals surface area contributed by atoms with Gasteiger partial charge >= 0.3 is 0 Å². The Labute approximate surface area is 111 Å². The Bertz CT molecular complexity index is 456. The van der Waals surface area contributed by atoms with Crippen molar-refractivity contribution in [3.63, 3.8) is 0 Å². The van der Waals surface area contributed by atoms with Gasteiger partial charge in [0.1, 0.15) is 5.60 Å². The molecule has 5 heteroatoms. The van der Waals surface area contributed by atoms with E-state index in [9.17, 15) is 9.90 Å². The second-order valence-electron chi connectivity index (χ2n) is 4.65. The lowest BCUT2D eigenvalue weighted by molar-refractivity contribution is 0.0264. The number of carbonyl (C=O) groups is 1. The van der Waals surface area contributed by atoms with Gasteiger partial charge in [-0.25, -0.2) is 0 Å². The standard InChI is InChI=1S/C13H16ClNO3/c1-9-3-2-4-10(11(9)14)12(16)15-7-13(17)5-6-18-8-13/h2-4,17H,5-8H2,1H3,(H,15,16). The van der Waals surface area contributed by atoms with Crippen molar-refractivity contribution in [1.82, 2.24) is 5.32 Å². The summed E-state index contributed by atoms with van der Waals surface area (Å²) < 4.78 is 5.11. The molecule has 0 saturated carbocycles. The number of carbonyl (C=O) groups excluding carboxylic acids is 1. The largest absolute Gasteiger partial charge is 0.386 e. The minimum atomic E-state index is -0.952. The fourth-order valence-corrected chi connectivity index (χ4v) is 2.11. The van der Waals surface area contributed by atoms with Crippen LogP contribution in [0.3, 0.4) is 0 Å². The normalized spacial score (nSPS) is 23.1. The third kappa shape index (κ3) is 2.83. The molecule has 0 aliphatic carbocycles. The van der Waals surface area contributed by atoms with E-state index >= 15 is 0 Å². The molecule has 1 saturated heterocycles. The van der Waals surface area contributed by atoms with Gasteiger partial charge in [-0.05, 0) is 18.6 Å². The Morgan fingerprint density at radius 3 is 3.06 bits per heavy atom. The molecule has 1 unspecified atom stereocenters. The monoisotopic (exact) mass is 269 g/mol. The van der Waals surface area contributed by atoms with Crippen molar-refractivity contribution in [3.8, 4) is 0 Å². The van der Waals surface area contributed by atoms with Crippen LogP contribution in [0.1, 0.15) is 22.3 Å². The molecule has 98 valence electrons. The summed E-state index contributed by atoms with van der Waals surface area (Å²) in [6.07, 6.45) is 0.537. The summed E-state index contributed by atoms with van der Waals surface area (Å²) >= 11 is 6.07. The van der Waals surface area contributed by atoms with Crippen LogP contribution in [0.4, 0.5) is 0 Å². The van der Waals surface area contributed by atoms with E-state index in [2.05, 4.69) is 5.32 Å². The highest BCUT2D eigenvalue weighted by Gasteiger charge is 2.32. The molecule has 2 N–H and O–H groups in total.